The Morgan fingerprint density at radius 1 is 1.24 bits per heavy atom. The maximum Gasteiger partial charge on any atom is 0.0493 e. The van der Waals surface area contributed by atoms with Crippen molar-refractivity contribution in [2.75, 3.05) is 13.2 Å². The molecule has 0 bridgehead atoms. The van der Waals surface area contributed by atoms with Gasteiger partial charge >= 0.3 is 0 Å². The molecule has 17 heavy (non-hydrogen) atoms. The van der Waals surface area contributed by atoms with Gasteiger partial charge in [-0.25, -0.2) is 0 Å². The summed E-state index contributed by atoms with van der Waals surface area (Å²) in [6.45, 7) is 2.99. The molecule has 2 nitrogen and oxygen atoms in total. The van der Waals surface area contributed by atoms with Crippen molar-refractivity contribution in [1.29, 1.82) is 0 Å². The van der Waals surface area contributed by atoms with Crippen molar-refractivity contribution >= 4 is 0 Å². The Balaban J connectivity index is 2.28. The lowest BCUT2D eigenvalue weighted by molar-refractivity contribution is 0.103. The average Bonchev–Trinajstić information content (AvgIpc) is 2.82. The van der Waals surface area contributed by atoms with Gasteiger partial charge in [-0.3, -0.25) is 0 Å². The van der Waals surface area contributed by atoms with Gasteiger partial charge in [0, 0.05) is 17.9 Å². The Morgan fingerprint density at radius 2 is 1.82 bits per heavy atom. The minimum atomic E-state index is 0.0318. The lowest BCUT2D eigenvalue weighted by atomic mass is 9.71. The maximum atomic E-state index is 9.78. The highest BCUT2D eigenvalue weighted by Crippen LogP contribution is 2.48. The fourth-order valence-electron chi connectivity index (χ4n) is 3.23. The molecule has 0 spiro atoms. The molecular formula is C15H23NO. The van der Waals surface area contributed by atoms with E-state index in [0.717, 1.165) is 12.8 Å². The summed E-state index contributed by atoms with van der Waals surface area (Å²) in [5, 5.41) is 9.78. The molecule has 1 aromatic carbocycles. The summed E-state index contributed by atoms with van der Waals surface area (Å²) in [6, 6.07) is 8.61. The minimum absolute atomic E-state index is 0.0318. The maximum absolute atomic E-state index is 9.78. The first kappa shape index (κ1) is 12.6. The smallest absolute Gasteiger partial charge is 0.0493 e. The van der Waals surface area contributed by atoms with E-state index in [9.17, 15) is 5.11 Å². The third kappa shape index (κ3) is 2.38. The monoisotopic (exact) mass is 233 g/mol. The van der Waals surface area contributed by atoms with Gasteiger partial charge in [-0.2, -0.15) is 0 Å². The van der Waals surface area contributed by atoms with Gasteiger partial charge in [0.25, 0.3) is 0 Å². The zero-order valence-corrected chi connectivity index (χ0v) is 10.7. The molecule has 0 saturated heterocycles. The number of hydrogen-bond donors (Lipinski definition) is 2. The number of benzene rings is 1. The quantitative estimate of drug-likeness (QED) is 0.839. The third-order valence-corrected chi connectivity index (χ3v) is 4.37. The van der Waals surface area contributed by atoms with Crippen LogP contribution in [0.4, 0.5) is 0 Å². The van der Waals surface area contributed by atoms with Gasteiger partial charge in [0.05, 0.1) is 0 Å². The highest BCUT2D eigenvalue weighted by atomic mass is 16.3. The molecule has 0 heterocycles. The summed E-state index contributed by atoms with van der Waals surface area (Å²) in [5.41, 5.74) is 8.56. The highest BCUT2D eigenvalue weighted by Gasteiger charge is 2.40. The predicted octanol–water partition coefficient (Wildman–Crippen LogP) is 2.59. The van der Waals surface area contributed by atoms with Crippen molar-refractivity contribution in [3.05, 3.63) is 35.4 Å². The van der Waals surface area contributed by atoms with Crippen LogP contribution in [-0.2, 0) is 0 Å². The molecule has 1 saturated carbocycles. The largest absolute Gasteiger partial charge is 0.396 e. The van der Waals surface area contributed by atoms with E-state index in [1.54, 1.807) is 0 Å². The van der Waals surface area contributed by atoms with Crippen LogP contribution in [0.15, 0.2) is 24.3 Å². The van der Waals surface area contributed by atoms with Gasteiger partial charge < -0.3 is 10.8 Å². The Labute approximate surface area is 104 Å². The molecule has 3 N–H and O–H groups in total. The molecule has 0 aliphatic heterocycles. The highest BCUT2D eigenvalue weighted by molar-refractivity contribution is 5.27. The van der Waals surface area contributed by atoms with Crippen LogP contribution < -0.4 is 5.73 Å². The molecule has 0 aromatic heterocycles. The molecule has 1 atom stereocenters. The van der Waals surface area contributed by atoms with E-state index in [1.807, 2.05) is 0 Å². The molecule has 2 heteroatoms. The van der Waals surface area contributed by atoms with Crippen molar-refractivity contribution < 1.29 is 5.11 Å². The first-order valence-electron chi connectivity index (χ1n) is 6.59. The van der Waals surface area contributed by atoms with Crippen LogP contribution in [0.1, 0.15) is 42.7 Å². The molecular weight excluding hydrogens is 210 g/mol. The second-order valence-electron chi connectivity index (χ2n) is 5.43. The Bertz CT molecular complexity index is 352. The number of aliphatic hydroxyl groups excluding tert-OH is 1. The first-order chi connectivity index (χ1) is 8.22. The second kappa shape index (κ2) is 5.19. The topological polar surface area (TPSA) is 46.2 Å². The number of aliphatic hydroxyl groups is 1. The van der Waals surface area contributed by atoms with Gasteiger partial charge in [0.1, 0.15) is 0 Å². The standard InChI is InChI=1S/C15H23NO/c1-12-4-6-13(7-5-12)14(10-16)15(11-17)8-2-3-9-15/h4-7,14,17H,2-3,8-11,16H2,1H3/t14-/m1/s1. The number of aryl methyl sites for hydroxylation is 1. The summed E-state index contributed by atoms with van der Waals surface area (Å²) in [4.78, 5) is 0. The zero-order valence-electron chi connectivity index (χ0n) is 10.7. The molecule has 1 aromatic rings. The summed E-state index contributed by atoms with van der Waals surface area (Å²) in [5.74, 6) is 0.301. The SMILES string of the molecule is Cc1ccc([C@@H](CN)C2(CO)CCCC2)cc1. The van der Waals surface area contributed by atoms with Gasteiger partial charge in [-0.1, -0.05) is 42.7 Å². The van der Waals surface area contributed by atoms with Crippen LogP contribution in [-0.4, -0.2) is 18.3 Å². The van der Waals surface area contributed by atoms with Crippen LogP contribution in [0.5, 0.6) is 0 Å². The van der Waals surface area contributed by atoms with Crippen LogP contribution >= 0.6 is 0 Å². The summed E-state index contributed by atoms with van der Waals surface area (Å²) < 4.78 is 0. The van der Waals surface area contributed by atoms with E-state index in [2.05, 4.69) is 31.2 Å². The second-order valence-corrected chi connectivity index (χ2v) is 5.43. The average molecular weight is 233 g/mol. The first-order valence-corrected chi connectivity index (χ1v) is 6.59. The lowest BCUT2D eigenvalue weighted by Gasteiger charge is -2.35. The van der Waals surface area contributed by atoms with Crippen LogP contribution in [0.2, 0.25) is 0 Å². The fourth-order valence-corrected chi connectivity index (χ4v) is 3.23. The molecule has 0 radical (unpaired) electrons. The Morgan fingerprint density at radius 3 is 2.29 bits per heavy atom. The normalized spacial score (nSPS) is 20.4. The Hall–Kier alpha value is -0.860. The van der Waals surface area contributed by atoms with Gasteiger partial charge in [0.2, 0.25) is 0 Å². The minimum Gasteiger partial charge on any atom is -0.396 e. The molecule has 2 rings (SSSR count). The number of rotatable bonds is 4. The Kier molecular flexibility index (Phi) is 3.85. The molecule has 1 fully saturated rings. The summed E-state index contributed by atoms with van der Waals surface area (Å²) in [7, 11) is 0. The fraction of sp³-hybridized carbons (Fsp3) is 0.600. The summed E-state index contributed by atoms with van der Waals surface area (Å²) >= 11 is 0. The van der Waals surface area contributed by atoms with Crippen LogP contribution in [0.25, 0.3) is 0 Å². The molecule has 94 valence electrons. The van der Waals surface area contributed by atoms with Gasteiger partial charge in [0.15, 0.2) is 0 Å². The third-order valence-electron chi connectivity index (χ3n) is 4.37. The van der Waals surface area contributed by atoms with E-state index in [0.29, 0.717) is 12.5 Å². The van der Waals surface area contributed by atoms with E-state index in [1.165, 1.54) is 24.0 Å². The van der Waals surface area contributed by atoms with Crippen molar-refractivity contribution in [3.63, 3.8) is 0 Å². The van der Waals surface area contributed by atoms with Crippen molar-refractivity contribution in [2.45, 2.75) is 38.5 Å². The van der Waals surface area contributed by atoms with Gasteiger partial charge in [-0.15, -0.1) is 0 Å². The van der Waals surface area contributed by atoms with E-state index >= 15 is 0 Å². The van der Waals surface area contributed by atoms with Crippen molar-refractivity contribution in [1.82, 2.24) is 0 Å². The van der Waals surface area contributed by atoms with Crippen LogP contribution in [0, 0.1) is 12.3 Å². The molecule has 0 unspecified atom stereocenters. The van der Waals surface area contributed by atoms with E-state index < -0.39 is 0 Å². The van der Waals surface area contributed by atoms with Crippen molar-refractivity contribution in [3.8, 4) is 0 Å². The van der Waals surface area contributed by atoms with Crippen molar-refractivity contribution in [2.24, 2.45) is 11.1 Å². The van der Waals surface area contributed by atoms with Crippen LogP contribution in [0.3, 0.4) is 0 Å². The number of nitrogens with two attached hydrogens (primary N) is 1. The summed E-state index contributed by atoms with van der Waals surface area (Å²) in [6.07, 6.45) is 4.67. The zero-order chi connectivity index (χ0) is 12.3. The molecule has 0 amide bonds. The molecule has 1 aliphatic rings. The molecule has 1 aliphatic carbocycles. The number of hydrogen-bond acceptors (Lipinski definition) is 2. The van der Waals surface area contributed by atoms with E-state index in [-0.39, 0.29) is 12.0 Å². The van der Waals surface area contributed by atoms with Gasteiger partial charge in [-0.05, 0) is 31.9 Å². The lowest BCUT2D eigenvalue weighted by Crippen LogP contribution is -2.34. The predicted molar refractivity (Wildman–Crippen MR) is 71.0 cm³/mol. The van der Waals surface area contributed by atoms with E-state index in [4.69, 9.17) is 5.73 Å².